The van der Waals surface area contributed by atoms with Crippen LogP contribution in [0.15, 0.2) is 54.6 Å². The maximum absolute atomic E-state index is 12.6. The van der Waals surface area contributed by atoms with Crippen molar-refractivity contribution >= 4 is 23.4 Å². The van der Waals surface area contributed by atoms with E-state index in [0.29, 0.717) is 23.4 Å². The molecule has 3 rings (SSSR count). The van der Waals surface area contributed by atoms with E-state index in [9.17, 15) is 9.59 Å². The van der Waals surface area contributed by atoms with Gasteiger partial charge in [0.1, 0.15) is 0 Å². The normalized spacial score (nSPS) is 15.2. The minimum atomic E-state index is -0.323. The second-order valence-electron chi connectivity index (χ2n) is 4.93. The first-order valence-corrected chi connectivity index (χ1v) is 7.35. The van der Waals surface area contributed by atoms with Crippen LogP contribution in [0.5, 0.6) is 0 Å². The van der Waals surface area contributed by atoms with Crippen molar-refractivity contribution in [1.82, 2.24) is 4.90 Å². The van der Waals surface area contributed by atoms with Crippen LogP contribution in [0.25, 0.3) is 0 Å². The van der Waals surface area contributed by atoms with E-state index < -0.39 is 0 Å². The molecular formula is C17H14ClNO2. The molecule has 2 aromatic carbocycles. The van der Waals surface area contributed by atoms with E-state index in [2.05, 4.69) is 0 Å². The molecule has 0 spiro atoms. The third kappa shape index (κ3) is 2.34. The second-order valence-corrected chi connectivity index (χ2v) is 5.31. The van der Waals surface area contributed by atoms with Crippen LogP contribution in [0.4, 0.5) is 0 Å². The van der Waals surface area contributed by atoms with Crippen molar-refractivity contribution in [3.05, 3.63) is 71.3 Å². The zero-order valence-corrected chi connectivity index (χ0v) is 12.1. The van der Waals surface area contributed by atoms with E-state index in [-0.39, 0.29) is 17.9 Å². The first-order valence-electron chi connectivity index (χ1n) is 6.82. The van der Waals surface area contributed by atoms with Gasteiger partial charge in [0.25, 0.3) is 11.8 Å². The van der Waals surface area contributed by atoms with Gasteiger partial charge in [-0.1, -0.05) is 42.5 Å². The third-order valence-corrected chi connectivity index (χ3v) is 3.92. The van der Waals surface area contributed by atoms with Gasteiger partial charge in [-0.05, 0) is 24.1 Å². The van der Waals surface area contributed by atoms with Gasteiger partial charge in [0, 0.05) is 5.88 Å². The quantitative estimate of drug-likeness (QED) is 0.638. The van der Waals surface area contributed by atoms with Crippen molar-refractivity contribution in [2.45, 2.75) is 12.5 Å². The number of rotatable bonds is 4. The Morgan fingerprint density at radius 2 is 1.38 bits per heavy atom. The highest BCUT2D eigenvalue weighted by Crippen LogP contribution is 2.33. The zero-order valence-electron chi connectivity index (χ0n) is 11.3. The molecule has 0 fully saturated rings. The SMILES string of the molecule is O=C1c2ccccc2C(=O)N1[C@@H](CCCl)c1ccccc1. The van der Waals surface area contributed by atoms with Crippen molar-refractivity contribution in [2.75, 3.05) is 5.88 Å². The van der Waals surface area contributed by atoms with Gasteiger partial charge in [-0.25, -0.2) is 0 Å². The van der Waals surface area contributed by atoms with E-state index in [0.717, 1.165) is 5.56 Å². The summed E-state index contributed by atoms with van der Waals surface area (Å²) in [6.45, 7) is 0. The maximum Gasteiger partial charge on any atom is 0.262 e. The predicted molar refractivity (Wildman–Crippen MR) is 81.5 cm³/mol. The van der Waals surface area contributed by atoms with Crippen LogP contribution in [-0.4, -0.2) is 22.6 Å². The number of nitrogens with zero attached hydrogens (tertiary/aromatic N) is 1. The van der Waals surface area contributed by atoms with Gasteiger partial charge in [0.2, 0.25) is 0 Å². The summed E-state index contributed by atoms with van der Waals surface area (Å²) >= 11 is 5.88. The molecule has 3 nitrogen and oxygen atoms in total. The van der Waals surface area contributed by atoms with Crippen LogP contribution in [0.3, 0.4) is 0 Å². The molecule has 106 valence electrons. The summed E-state index contributed by atoms with van der Waals surface area (Å²) in [5.74, 6) is -0.100. The average molecular weight is 300 g/mol. The average Bonchev–Trinajstić information content (AvgIpc) is 2.78. The summed E-state index contributed by atoms with van der Waals surface area (Å²) in [6, 6.07) is 16.1. The van der Waals surface area contributed by atoms with Crippen LogP contribution in [-0.2, 0) is 0 Å². The monoisotopic (exact) mass is 299 g/mol. The number of imide groups is 1. The van der Waals surface area contributed by atoms with Gasteiger partial charge in [-0.2, -0.15) is 0 Å². The summed E-state index contributed by atoms with van der Waals surface area (Å²) < 4.78 is 0. The number of hydrogen-bond acceptors (Lipinski definition) is 2. The Balaban J connectivity index is 2.02. The predicted octanol–water partition coefficient (Wildman–Crippen LogP) is 3.65. The maximum atomic E-state index is 12.6. The lowest BCUT2D eigenvalue weighted by atomic mass is 10.0. The van der Waals surface area contributed by atoms with Crippen molar-refractivity contribution in [2.24, 2.45) is 0 Å². The lowest BCUT2D eigenvalue weighted by Crippen LogP contribution is -2.34. The van der Waals surface area contributed by atoms with E-state index in [1.165, 1.54) is 4.90 Å². The molecule has 0 N–H and O–H groups in total. The highest BCUT2D eigenvalue weighted by Gasteiger charge is 2.39. The summed E-state index contributed by atoms with van der Waals surface area (Å²) in [5.41, 5.74) is 1.86. The minimum absolute atomic E-state index is 0.241. The molecule has 1 heterocycles. The van der Waals surface area contributed by atoms with Gasteiger partial charge in [0.05, 0.1) is 17.2 Å². The molecule has 0 radical (unpaired) electrons. The lowest BCUT2D eigenvalue weighted by Gasteiger charge is -2.26. The van der Waals surface area contributed by atoms with E-state index in [1.807, 2.05) is 30.3 Å². The Morgan fingerprint density at radius 3 is 1.90 bits per heavy atom. The number of alkyl halides is 1. The third-order valence-electron chi connectivity index (χ3n) is 3.70. The molecule has 1 aliphatic rings. The summed E-state index contributed by atoms with van der Waals surface area (Å²) in [7, 11) is 0. The van der Waals surface area contributed by atoms with E-state index in [4.69, 9.17) is 11.6 Å². The van der Waals surface area contributed by atoms with E-state index in [1.54, 1.807) is 24.3 Å². The van der Waals surface area contributed by atoms with Gasteiger partial charge in [0.15, 0.2) is 0 Å². The standard InChI is InChI=1S/C17H14ClNO2/c18-11-10-15(12-6-2-1-3-7-12)19-16(20)13-8-4-5-9-14(13)17(19)21/h1-9,15H,10-11H2/t15-/m0/s1. The fourth-order valence-corrected chi connectivity index (χ4v) is 2.92. The van der Waals surface area contributed by atoms with Crippen molar-refractivity contribution in [1.29, 1.82) is 0 Å². The molecule has 4 heteroatoms. The summed E-state index contributed by atoms with van der Waals surface area (Å²) in [5, 5.41) is 0. The van der Waals surface area contributed by atoms with Crippen LogP contribution in [0.1, 0.15) is 38.7 Å². The Bertz CT molecular complexity index is 649. The first-order chi connectivity index (χ1) is 10.2. The highest BCUT2D eigenvalue weighted by molar-refractivity contribution is 6.21. The summed E-state index contributed by atoms with van der Waals surface area (Å²) in [6.07, 6.45) is 0.539. The number of hydrogen-bond donors (Lipinski definition) is 0. The molecule has 1 aliphatic heterocycles. The van der Waals surface area contributed by atoms with Gasteiger partial charge < -0.3 is 0 Å². The molecule has 1 atom stereocenters. The molecule has 2 aromatic rings. The Kier molecular flexibility index (Phi) is 3.76. The minimum Gasteiger partial charge on any atom is -0.269 e. The molecular weight excluding hydrogens is 286 g/mol. The number of amides is 2. The molecule has 0 unspecified atom stereocenters. The van der Waals surface area contributed by atoms with E-state index >= 15 is 0 Å². The number of benzene rings is 2. The Labute approximate surface area is 128 Å². The number of halogens is 1. The molecule has 0 saturated carbocycles. The van der Waals surface area contributed by atoms with Gasteiger partial charge in [-0.3, -0.25) is 14.5 Å². The Hall–Kier alpha value is -2.13. The lowest BCUT2D eigenvalue weighted by molar-refractivity contribution is 0.0578. The van der Waals surface area contributed by atoms with Crippen LogP contribution in [0.2, 0.25) is 0 Å². The van der Waals surface area contributed by atoms with Gasteiger partial charge in [-0.15, -0.1) is 11.6 Å². The molecule has 0 aliphatic carbocycles. The summed E-state index contributed by atoms with van der Waals surface area (Å²) in [4.78, 5) is 26.5. The van der Waals surface area contributed by atoms with Crippen molar-refractivity contribution in [3.8, 4) is 0 Å². The second kappa shape index (κ2) is 5.70. The fourth-order valence-electron chi connectivity index (χ4n) is 2.71. The first kappa shape index (κ1) is 13.8. The fraction of sp³-hybridized carbons (Fsp3) is 0.176. The van der Waals surface area contributed by atoms with Crippen molar-refractivity contribution < 1.29 is 9.59 Å². The molecule has 21 heavy (non-hydrogen) atoms. The molecule has 0 saturated heterocycles. The zero-order chi connectivity index (χ0) is 14.8. The molecule has 0 bridgehead atoms. The highest BCUT2D eigenvalue weighted by atomic mass is 35.5. The smallest absolute Gasteiger partial charge is 0.262 e. The molecule has 0 aromatic heterocycles. The number of carbonyl (C=O) groups is 2. The Morgan fingerprint density at radius 1 is 0.857 bits per heavy atom. The van der Waals surface area contributed by atoms with Crippen LogP contribution in [0, 0.1) is 0 Å². The molecule has 2 amide bonds. The topological polar surface area (TPSA) is 37.4 Å². The van der Waals surface area contributed by atoms with Crippen molar-refractivity contribution in [3.63, 3.8) is 0 Å². The van der Waals surface area contributed by atoms with Crippen LogP contribution >= 0.6 is 11.6 Å². The van der Waals surface area contributed by atoms with Gasteiger partial charge >= 0.3 is 0 Å². The number of fused-ring (bicyclic) bond motifs is 1. The largest absolute Gasteiger partial charge is 0.269 e. The van der Waals surface area contributed by atoms with Crippen LogP contribution < -0.4 is 0 Å². The number of carbonyl (C=O) groups excluding carboxylic acids is 2.